The molecule has 0 aromatic heterocycles. The summed E-state index contributed by atoms with van der Waals surface area (Å²) >= 11 is 0. The molecule has 1 saturated heterocycles. The lowest BCUT2D eigenvalue weighted by Crippen LogP contribution is -2.33. The number of hydrogen-bond acceptors (Lipinski definition) is 3. The molecule has 1 heterocycles. The SMILES string of the molecule is C=C[C@H]1CCCO[C@H](c2ccccc2)C1(C#N)C#N. The third kappa shape index (κ3) is 2.26. The standard InChI is InChI=1S/C16H16N2O/c1-2-14-9-6-10-19-15(16(14,11-17)12-18)13-7-4-3-5-8-13/h2-5,7-8,14-15H,1,6,9-10H2/t14-,15+/m0/s1. The second kappa shape index (κ2) is 5.69. The molecule has 0 saturated carbocycles. The second-order valence-corrected chi connectivity index (χ2v) is 4.74. The number of nitriles is 2. The monoisotopic (exact) mass is 252 g/mol. The van der Waals surface area contributed by atoms with Gasteiger partial charge in [0.25, 0.3) is 0 Å². The third-order valence-electron chi connectivity index (χ3n) is 3.70. The van der Waals surface area contributed by atoms with Crippen molar-refractivity contribution in [3.63, 3.8) is 0 Å². The maximum atomic E-state index is 9.60. The maximum absolute atomic E-state index is 9.60. The molecule has 0 N–H and O–H groups in total. The molecule has 0 bridgehead atoms. The fourth-order valence-electron chi connectivity index (χ4n) is 2.66. The number of nitrogens with zero attached hydrogens (tertiary/aromatic N) is 2. The molecule has 0 spiro atoms. The van der Waals surface area contributed by atoms with Crippen molar-refractivity contribution in [3.8, 4) is 12.1 Å². The van der Waals surface area contributed by atoms with E-state index in [2.05, 4.69) is 18.7 Å². The Kier molecular flexibility index (Phi) is 4.00. The van der Waals surface area contributed by atoms with Gasteiger partial charge < -0.3 is 4.74 Å². The zero-order chi connectivity index (χ0) is 13.7. The van der Waals surface area contributed by atoms with Crippen molar-refractivity contribution in [2.45, 2.75) is 18.9 Å². The van der Waals surface area contributed by atoms with E-state index in [1.165, 1.54) is 0 Å². The van der Waals surface area contributed by atoms with Crippen LogP contribution in [0.2, 0.25) is 0 Å². The molecular weight excluding hydrogens is 236 g/mol. The largest absolute Gasteiger partial charge is 0.371 e. The Balaban J connectivity index is 2.52. The van der Waals surface area contributed by atoms with Crippen LogP contribution < -0.4 is 0 Å². The van der Waals surface area contributed by atoms with Gasteiger partial charge in [0.1, 0.15) is 6.10 Å². The van der Waals surface area contributed by atoms with Gasteiger partial charge in [-0.2, -0.15) is 10.5 Å². The van der Waals surface area contributed by atoms with E-state index in [0.717, 1.165) is 18.4 Å². The van der Waals surface area contributed by atoms with Crippen molar-refractivity contribution in [2.24, 2.45) is 11.3 Å². The molecule has 1 aliphatic heterocycles. The molecule has 1 aromatic carbocycles. The fraction of sp³-hybridized carbons (Fsp3) is 0.375. The maximum Gasteiger partial charge on any atom is 0.179 e. The van der Waals surface area contributed by atoms with Crippen LogP contribution in [-0.2, 0) is 4.74 Å². The zero-order valence-corrected chi connectivity index (χ0v) is 10.7. The Labute approximate surface area is 113 Å². The van der Waals surface area contributed by atoms with Gasteiger partial charge >= 0.3 is 0 Å². The molecule has 1 fully saturated rings. The molecule has 3 heteroatoms. The lowest BCUT2D eigenvalue weighted by atomic mass is 9.70. The summed E-state index contributed by atoms with van der Waals surface area (Å²) in [6.45, 7) is 4.35. The lowest BCUT2D eigenvalue weighted by molar-refractivity contribution is 0.00883. The molecule has 1 aromatic rings. The highest BCUT2D eigenvalue weighted by molar-refractivity contribution is 5.31. The van der Waals surface area contributed by atoms with Crippen LogP contribution in [0.1, 0.15) is 24.5 Å². The van der Waals surface area contributed by atoms with E-state index in [4.69, 9.17) is 4.74 Å². The van der Waals surface area contributed by atoms with Gasteiger partial charge in [0.15, 0.2) is 5.41 Å². The highest BCUT2D eigenvalue weighted by atomic mass is 16.5. The number of rotatable bonds is 2. The summed E-state index contributed by atoms with van der Waals surface area (Å²) in [6, 6.07) is 13.9. The van der Waals surface area contributed by atoms with Crippen LogP contribution in [0.15, 0.2) is 43.0 Å². The highest BCUT2D eigenvalue weighted by Gasteiger charge is 2.48. The number of hydrogen-bond donors (Lipinski definition) is 0. The summed E-state index contributed by atoms with van der Waals surface area (Å²) in [5.74, 6) is -0.171. The molecule has 2 atom stereocenters. The van der Waals surface area contributed by atoms with Crippen molar-refractivity contribution in [1.29, 1.82) is 10.5 Å². The average molecular weight is 252 g/mol. The predicted molar refractivity (Wildman–Crippen MR) is 71.7 cm³/mol. The number of ether oxygens (including phenoxy) is 1. The van der Waals surface area contributed by atoms with Gasteiger partial charge in [-0.1, -0.05) is 36.4 Å². The molecule has 2 rings (SSSR count). The van der Waals surface area contributed by atoms with Crippen molar-refractivity contribution in [1.82, 2.24) is 0 Å². The quantitative estimate of drug-likeness (QED) is 0.758. The van der Waals surface area contributed by atoms with Gasteiger partial charge in [0.2, 0.25) is 0 Å². The summed E-state index contributed by atoms with van der Waals surface area (Å²) < 4.78 is 5.83. The minimum atomic E-state index is -1.19. The summed E-state index contributed by atoms with van der Waals surface area (Å²) in [6.07, 6.45) is 2.80. The van der Waals surface area contributed by atoms with Gasteiger partial charge in [-0.25, -0.2) is 0 Å². The Bertz CT molecular complexity index is 510. The molecule has 0 aliphatic carbocycles. The van der Waals surface area contributed by atoms with Gasteiger partial charge in [-0.15, -0.1) is 6.58 Å². The molecule has 1 aliphatic rings. The van der Waals surface area contributed by atoms with Crippen LogP contribution in [-0.4, -0.2) is 6.61 Å². The highest BCUT2D eigenvalue weighted by Crippen LogP contribution is 2.46. The van der Waals surface area contributed by atoms with E-state index < -0.39 is 11.5 Å². The molecule has 0 unspecified atom stereocenters. The van der Waals surface area contributed by atoms with E-state index in [1.807, 2.05) is 30.3 Å². The first kappa shape index (κ1) is 13.3. The lowest BCUT2D eigenvalue weighted by Gasteiger charge is -2.31. The minimum Gasteiger partial charge on any atom is -0.371 e. The Morgan fingerprint density at radius 3 is 2.53 bits per heavy atom. The molecular formula is C16H16N2O. The first-order chi connectivity index (χ1) is 9.28. The zero-order valence-electron chi connectivity index (χ0n) is 10.7. The first-order valence-electron chi connectivity index (χ1n) is 6.40. The smallest absolute Gasteiger partial charge is 0.179 e. The summed E-state index contributed by atoms with van der Waals surface area (Å²) in [5, 5.41) is 19.2. The second-order valence-electron chi connectivity index (χ2n) is 4.74. The molecule has 0 amide bonds. The first-order valence-corrected chi connectivity index (χ1v) is 6.40. The molecule has 0 radical (unpaired) electrons. The molecule has 3 nitrogen and oxygen atoms in total. The van der Waals surface area contributed by atoms with Crippen LogP contribution in [0.25, 0.3) is 0 Å². The average Bonchev–Trinajstić information content (AvgIpc) is 2.67. The predicted octanol–water partition coefficient (Wildman–Crippen LogP) is 3.37. The van der Waals surface area contributed by atoms with Gasteiger partial charge in [0, 0.05) is 12.5 Å². The van der Waals surface area contributed by atoms with Crippen LogP contribution in [0.3, 0.4) is 0 Å². The van der Waals surface area contributed by atoms with Gasteiger partial charge in [-0.05, 0) is 18.4 Å². The molecule has 19 heavy (non-hydrogen) atoms. The van der Waals surface area contributed by atoms with Crippen LogP contribution >= 0.6 is 0 Å². The topological polar surface area (TPSA) is 56.8 Å². The van der Waals surface area contributed by atoms with E-state index in [9.17, 15) is 10.5 Å². The Morgan fingerprint density at radius 2 is 1.95 bits per heavy atom. The number of allylic oxidation sites excluding steroid dienone is 1. The van der Waals surface area contributed by atoms with Gasteiger partial charge in [-0.3, -0.25) is 0 Å². The van der Waals surface area contributed by atoms with Crippen LogP contribution in [0, 0.1) is 34.0 Å². The van der Waals surface area contributed by atoms with Gasteiger partial charge in [0.05, 0.1) is 12.1 Å². The normalized spacial score (nSPS) is 25.6. The summed E-state index contributed by atoms with van der Waals surface area (Å²) in [4.78, 5) is 0. The molecule has 96 valence electrons. The van der Waals surface area contributed by atoms with Crippen molar-refractivity contribution in [2.75, 3.05) is 6.61 Å². The summed E-state index contributed by atoms with van der Waals surface area (Å²) in [7, 11) is 0. The third-order valence-corrected chi connectivity index (χ3v) is 3.70. The Morgan fingerprint density at radius 1 is 1.26 bits per heavy atom. The van der Waals surface area contributed by atoms with Crippen molar-refractivity contribution < 1.29 is 4.74 Å². The number of benzene rings is 1. The van der Waals surface area contributed by atoms with Crippen LogP contribution in [0.5, 0.6) is 0 Å². The van der Waals surface area contributed by atoms with E-state index in [0.29, 0.717) is 6.61 Å². The van der Waals surface area contributed by atoms with Crippen molar-refractivity contribution in [3.05, 3.63) is 48.6 Å². The minimum absolute atomic E-state index is 0.171. The van der Waals surface area contributed by atoms with E-state index >= 15 is 0 Å². The van der Waals surface area contributed by atoms with E-state index in [1.54, 1.807) is 6.08 Å². The van der Waals surface area contributed by atoms with E-state index in [-0.39, 0.29) is 5.92 Å². The van der Waals surface area contributed by atoms with Crippen molar-refractivity contribution >= 4 is 0 Å². The fourth-order valence-corrected chi connectivity index (χ4v) is 2.66. The van der Waals surface area contributed by atoms with Crippen LogP contribution in [0.4, 0.5) is 0 Å². The Hall–Kier alpha value is -2.10. The summed E-state index contributed by atoms with van der Waals surface area (Å²) in [5.41, 5.74) is -0.320.